The number of likely N-dealkylation sites (tertiary alicyclic amines) is 1. The molecular weight excluding hydrogens is 436 g/mol. The fourth-order valence-electron chi connectivity index (χ4n) is 3.86. The van der Waals surface area contributed by atoms with E-state index in [0.29, 0.717) is 47.2 Å². The van der Waals surface area contributed by atoms with E-state index in [9.17, 15) is 14.4 Å². The second kappa shape index (κ2) is 9.95. The predicted molar refractivity (Wildman–Crippen MR) is 129 cm³/mol. The summed E-state index contributed by atoms with van der Waals surface area (Å²) < 4.78 is 0. The number of aromatic nitrogens is 1. The largest absolute Gasteiger partial charge is 0.331 e. The highest BCUT2D eigenvalue weighted by atomic mass is 32.1. The Labute approximate surface area is 197 Å². The van der Waals surface area contributed by atoms with Crippen LogP contribution in [0.4, 0.5) is 9.93 Å². The quantitative estimate of drug-likeness (QED) is 0.571. The molecule has 1 N–H and O–H groups in total. The van der Waals surface area contributed by atoms with Crippen LogP contribution >= 0.6 is 11.3 Å². The Bertz CT molecular complexity index is 1140. The van der Waals surface area contributed by atoms with Crippen LogP contribution in [0, 0.1) is 5.92 Å². The fourth-order valence-corrected chi connectivity index (χ4v) is 4.82. The Balaban J connectivity index is 1.53. The SMILES string of the molecule is CN(C)C(=O)N1CCC(C(=O)Nc2nc(-c3ccccc3)c(C(=O)c3ccccc3)s2)CC1. The highest BCUT2D eigenvalue weighted by Gasteiger charge is 2.29. The van der Waals surface area contributed by atoms with Gasteiger partial charge in [-0.15, -0.1) is 0 Å². The van der Waals surface area contributed by atoms with Crippen molar-refractivity contribution in [1.82, 2.24) is 14.8 Å². The summed E-state index contributed by atoms with van der Waals surface area (Å²) in [5.41, 5.74) is 1.97. The lowest BCUT2D eigenvalue weighted by Gasteiger charge is -2.32. The molecule has 1 saturated heterocycles. The van der Waals surface area contributed by atoms with Crippen molar-refractivity contribution in [2.24, 2.45) is 5.92 Å². The van der Waals surface area contributed by atoms with E-state index in [1.807, 2.05) is 48.5 Å². The van der Waals surface area contributed by atoms with E-state index in [-0.39, 0.29) is 23.6 Å². The van der Waals surface area contributed by atoms with E-state index >= 15 is 0 Å². The lowest BCUT2D eigenvalue weighted by atomic mass is 9.96. The summed E-state index contributed by atoms with van der Waals surface area (Å²) in [5, 5.41) is 3.33. The van der Waals surface area contributed by atoms with Gasteiger partial charge in [0.1, 0.15) is 4.88 Å². The van der Waals surface area contributed by atoms with Gasteiger partial charge in [-0.3, -0.25) is 9.59 Å². The molecule has 0 aliphatic carbocycles. The maximum Gasteiger partial charge on any atom is 0.319 e. The molecule has 1 fully saturated rings. The molecule has 33 heavy (non-hydrogen) atoms. The molecular formula is C25H26N4O3S. The van der Waals surface area contributed by atoms with Gasteiger partial charge in [0.15, 0.2) is 5.13 Å². The number of anilines is 1. The van der Waals surface area contributed by atoms with E-state index in [2.05, 4.69) is 10.3 Å². The summed E-state index contributed by atoms with van der Waals surface area (Å²) in [4.78, 5) is 46.7. The number of nitrogens with one attached hydrogen (secondary N) is 1. The smallest absolute Gasteiger partial charge is 0.319 e. The molecule has 1 aliphatic heterocycles. The zero-order chi connectivity index (χ0) is 23.4. The van der Waals surface area contributed by atoms with Gasteiger partial charge in [0.25, 0.3) is 0 Å². The number of carbonyl (C=O) groups excluding carboxylic acids is 3. The molecule has 0 saturated carbocycles. The summed E-state index contributed by atoms with van der Waals surface area (Å²) in [6.45, 7) is 1.08. The molecule has 4 rings (SSSR count). The van der Waals surface area contributed by atoms with Crippen LogP contribution in [0.2, 0.25) is 0 Å². The van der Waals surface area contributed by atoms with Gasteiger partial charge in [-0.05, 0) is 12.8 Å². The molecule has 1 aliphatic rings. The van der Waals surface area contributed by atoms with E-state index in [1.54, 1.807) is 36.0 Å². The molecule has 0 spiro atoms. The first kappa shape index (κ1) is 22.7. The maximum absolute atomic E-state index is 13.2. The predicted octanol–water partition coefficient (Wildman–Crippen LogP) is 4.37. The second-order valence-electron chi connectivity index (χ2n) is 8.19. The third-order valence-corrected chi connectivity index (χ3v) is 6.64. The van der Waals surface area contributed by atoms with Crippen molar-refractivity contribution < 1.29 is 14.4 Å². The van der Waals surface area contributed by atoms with Crippen LogP contribution < -0.4 is 5.32 Å². The number of benzene rings is 2. The summed E-state index contributed by atoms with van der Waals surface area (Å²) in [5.74, 6) is -0.449. The normalized spacial score (nSPS) is 14.1. The van der Waals surface area contributed by atoms with Crippen LogP contribution in [0.1, 0.15) is 28.1 Å². The van der Waals surface area contributed by atoms with Gasteiger partial charge in [-0.1, -0.05) is 72.0 Å². The molecule has 8 heteroatoms. The van der Waals surface area contributed by atoms with Gasteiger partial charge in [0.05, 0.1) is 5.69 Å². The lowest BCUT2D eigenvalue weighted by Crippen LogP contribution is -2.45. The van der Waals surface area contributed by atoms with E-state index in [4.69, 9.17) is 0 Å². The number of rotatable bonds is 5. The number of amides is 3. The number of nitrogens with zero attached hydrogens (tertiary/aromatic N) is 3. The highest BCUT2D eigenvalue weighted by molar-refractivity contribution is 7.18. The van der Waals surface area contributed by atoms with Crippen molar-refractivity contribution in [2.75, 3.05) is 32.5 Å². The van der Waals surface area contributed by atoms with Gasteiger partial charge in [-0.2, -0.15) is 0 Å². The third kappa shape index (κ3) is 5.12. The van der Waals surface area contributed by atoms with Crippen molar-refractivity contribution >= 4 is 34.2 Å². The number of thiazole rings is 1. The van der Waals surface area contributed by atoms with Gasteiger partial charge in [0.2, 0.25) is 11.7 Å². The molecule has 0 atom stereocenters. The van der Waals surface area contributed by atoms with Gasteiger partial charge < -0.3 is 15.1 Å². The average Bonchev–Trinajstić information content (AvgIpc) is 3.28. The molecule has 170 valence electrons. The molecule has 0 unspecified atom stereocenters. The number of hydrogen-bond acceptors (Lipinski definition) is 5. The first-order chi connectivity index (χ1) is 15.9. The van der Waals surface area contributed by atoms with Gasteiger partial charge >= 0.3 is 6.03 Å². The van der Waals surface area contributed by atoms with Crippen LogP contribution in [0.3, 0.4) is 0 Å². The first-order valence-corrected chi connectivity index (χ1v) is 11.7. The van der Waals surface area contributed by atoms with E-state index in [0.717, 1.165) is 5.56 Å². The zero-order valence-electron chi connectivity index (χ0n) is 18.7. The maximum atomic E-state index is 13.2. The Morgan fingerprint density at radius 1 is 0.970 bits per heavy atom. The number of carbonyl (C=O) groups is 3. The Kier molecular flexibility index (Phi) is 6.84. The molecule has 3 aromatic rings. The number of ketones is 1. The molecule has 7 nitrogen and oxygen atoms in total. The standard InChI is InChI=1S/C25H26N4O3S/c1-28(2)25(32)29-15-13-19(14-16-29)23(31)27-24-26-20(17-9-5-3-6-10-17)22(33-24)21(30)18-11-7-4-8-12-18/h3-12,19H,13-16H2,1-2H3,(H,26,27,31). The number of urea groups is 1. The summed E-state index contributed by atoms with van der Waals surface area (Å²) in [6, 6.07) is 18.5. The van der Waals surface area contributed by atoms with Crippen molar-refractivity contribution in [3.63, 3.8) is 0 Å². The van der Waals surface area contributed by atoms with Gasteiger partial charge in [-0.25, -0.2) is 9.78 Å². The lowest BCUT2D eigenvalue weighted by molar-refractivity contribution is -0.121. The second-order valence-corrected chi connectivity index (χ2v) is 9.18. The Morgan fingerprint density at radius 2 is 1.58 bits per heavy atom. The molecule has 0 radical (unpaired) electrons. The van der Waals surface area contributed by atoms with Gasteiger partial charge in [0, 0.05) is 44.2 Å². The summed E-state index contributed by atoms with van der Waals surface area (Å²) >= 11 is 1.20. The summed E-state index contributed by atoms with van der Waals surface area (Å²) in [6.07, 6.45) is 1.19. The van der Waals surface area contributed by atoms with E-state index in [1.165, 1.54) is 11.3 Å². The van der Waals surface area contributed by atoms with Crippen LogP contribution in [-0.4, -0.2) is 59.7 Å². The first-order valence-electron chi connectivity index (χ1n) is 10.9. The van der Waals surface area contributed by atoms with Crippen molar-refractivity contribution in [2.45, 2.75) is 12.8 Å². The minimum Gasteiger partial charge on any atom is -0.331 e. The molecule has 2 heterocycles. The summed E-state index contributed by atoms with van der Waals surface area (Å²) in [7, 11) is 3.45. The van der Waals surface area contributed by atoms with Crippen LogP contribution in [-0.2, 0) is 4.79 Å². The van der Waals surface area contributed by atoms with E-state index < -0.39 is 0 Å². The van der Waals surface area contributed by atoms with Crippen molar-refractivity contribution in [3.8, 4) is 11.3 Å². The Morgan fingerprint density at radius 3 is 2.18 bits per heavy atom. The minimum atomic E-state index is -0.200. The fraction of sp³-hybridized carbons (Fsp3) is 0.280. The van der Waals surface area contributed by atoms with Crippen LogP contribution in [0.5, 0.6) is 0 Å². The zero-order valence-corrected chi connectivity index (χ0v) is 19.5. The van der Waals surface area contributed by atoms with Crippen molar-refractivity contribution in [1.29, 1.82) is 0 Å². The topological polar surface area (TPSA) is 82.6 Å². The molecule has 0 bridgehead atoms. The average molecular weight is 463 g/mol. The van der Waals surface area contributed by atoms with Crippen molar-refractivity contribution in [3.05, 3.63) is 71.1 Å². The number of hydrogen-bond donors (Lipinski definition) is 1. The van der Waals surface area contributed by atoms with Crippen LogP contribution in [0.25, 0.3) is 11.3 Å². The highest BCUT2D eigenvalue weighted by Crippen LogP contribution is 2.33. The molecule has 1 aromatic heterocycles. The van der Waals surface area contributed by atoms with Crippen LogP contribution in [0.15, 0.2) is 60.7 Å². The Hall–Kier alpha value is -3.52. The monoisotopic (exact) mass is 462 g/mol. The number of piperidine rings is 1. The molecule has 2 aromatic carbocycles. The minimum absolute atomic E-state index is 0.0367. The third-order valence-electron chi connectivity index (χ3n) is 5.67. The molecule has 3 amide bonds.